The van der Waals surface area contributed by atoms with Crippen molar-refractivity contribution in [3.8, 4) is 0 Å². The van der Waals surface area contributed by atoms with E-state index in [9.17, 15) is 4.79 Å². The van der Waals surface area contributed by atoms with Crippen LogP contribution in [-0.2, 0) is 19.1 Å². The van der Waals surface area contributed by atoms with Gasteiger partial charge >= 0.3 is 0 Å². The highest BCUT2D eigenvalue weighted by molar-refractivity contribution is 5.75. The van der Waals surface area contributed by atoms with E-state index in [4.69, 9.17) is 9.47 Å². The van der Waals surface area contributed by atoms with Crippen LogP contribution in [0.3, 0.4) is 0 Å². The molecule has 0 aromatic carbocycles. The van der Waals surface area contributed by atoms with Crippen molar-refractivity contribution in [3.63, 3.8) is 0 Å². The maximum atomic E-state index is 10.8. The Kier molecular flexibility index (Phi) is 3.28. The Morgan fingerprint density at radius 2 is 2.27 bits per heavy atom. The Bertz CT molecular complexity index is 133. The van der Waals surface area contributed by atoms with Crippen LogP contribution in [0.25, 0.3) is 0 Å². The van der Waals surface area contributed by atoms with E-state index >= 15 is 0 Å². The smallest absolute Gasteiger partial charge is 0.248 e. The second-order valence-electron chi connectivity index (χ2n) is 2.10. The van der Waals surface area contributed by atoms with Crippen molar-refractivity contribution in [2.45, 2.75) is 12.7 Å². The molecule has 0 aromatic heterocycles. The number of hydroxylamine groups is 1. The lowest BCUT2D eigenvalue weighted by molar-refractivity contribution is -0.139. The Labute approximate surface area is 64.6 Å². The van der Waals surface area contributed by atoms with E-state index in [2.05, 4.69) is 10.3 Å². The Hall–Kier alpha value is -0.650. The van der Waals surface area contributed by atoms with Crippen LogP contribution in [0.1, 0.15) is 6.42 Å². The summed E-state index contributed by atoms with van der Waals surface area (Å²) in [6, 6.07) is 0. The van der Waals surface area contributed by atoms with Crippen LogP contribution in [0, 0.1) is 0 Å². The molecule has 1 saturated heterocycles. The Balaban J connectivity index is 2.13. The Morgan fingerprint density at radius 1 is 1.64 bits per heavy atom. The number of carbonyl (C=O) groups is 1. The summed E-state index contributed by atoms with van der Waals surface area (Å²) >= 11 is 0. The first kappa shape index (κ1) is 8.45. The van der Waals surface area contributed by atoms with Gasteiger partial charge in [-0.3, -0.25) is 9.63 Å². The quantitative estimate of drug-likeness (QED) is 0.563. The fraction of sp³-hybridized carbons (Fsp3) is 0.833. The van der Waals surface area contributed by atoms with E-state index in [0.717, 1.165) is 0 Å². The average molecular weight is 161 g/mol. The first-order valence-corrected chi connectivity index (χ1v) is 3.38. The fourth-order valence-electron chi connectivity index (χ4n) is 0.832. The third-order valence-corrected chi connectivity index (χ3v) is 1.26. The SMILES string of the molecule is CONC(=O)CC1OCCO1. The van der Waals surface area contributed by atoms with E-state index in [-0.39, 0.29) is 12.3 Å². The molecule has 0 radical (unpaired) electrons. The molecule has 5 heteroatoms. The van der Waals surface area contributed by atoms with Gasteiger partial charge in [-0.1, -0.05) is 0 Å². The summed E-state index contributed by atoms with van der Waals surface area (Å²) in [5, 5.41) is 0. The summed E-state index contributed by atoms with van der Waals surface area (Å²) in [6.45, 7) is 1.12. The highest BCUT2D eigenvalue weighted by Crippen LogP contribution is 2.06. The number of carbonyl (C=O) groups excluding carboxylic acids is 1. The minimum atomic E-state index is -0.398. The highest BCUT2D eigenvalue weighted by Gasteiger charge is 2.19. The van der Waals surface area contributed by atoms with E-state index < -0.39 is 6.29 Å². The van der Waals surface area contributed by atoms with Crippen molar-refractivity contribution in [1.82, 2.24) is 5.48 Å². The van der Waals surface area contributed by atoms with Gasteiger partial charge < -0.3 is 9.47 Å². The number of hydrogen-bond acceptors (Lipinski definition) is 4. The molecule has 1 fully saturated rings. The fourth-order valence-corrected chi connectivity index (χ4v) is 0.832. The lowest BCUT2D eigenvalue weighted by Gasteiger charge is -2.07. The van der Waals surface area contributed by atoms with Crippen molar-refractivity contribution >= 4 is 5.91 Å². The van der Waals surface area contributed by atoms with Crippen LogP contribution in [0.4, 0.5) is 0 Å². The van der Waals surface area contributed by atoms with Gasteiger partial charge in [0.25, 0.3) is 0 Å². The number of amides is 1. The van der Waals surface area contributed by atoms with Crippen molar-refractivity contribution in [1.29, 1.82) is 0 Å². The molecular formula is C6H11NO4. The van der Waals surface area contributed by atoms with Crippen molar-refractivity contribution < 1.29 is 19.1 Å². The zero-order valence-corrected chi connectivity index (χ0v) is 6.33. The van der Waals surface area contributed by atoms with Gasteiger partial charge in [0, 0.05) is 0 Å². The van der Waals surface area contributed by atoms with Gasteiger partial charge in [0.05, 0.1) is 26.7 Å². The first-order valence-electron chi connectivity index (χ1n) is 3.38. The third-order valence-electron chi connectivity index (χ3n) is 1.26. The third kappa shape index (κ3) is 2.83. The molecule has 0 atom stereocenters. The molecule has 11 heavy (non-hydrogen) atoms. The molecule has 0 saturated carbocycles. The summed E-state index contributed by atoms with van der Waals surface area (Å²) in [5.41, 5.74) is 2.17. The lowest BCUT2D eigenvalue weighted by atomic mass is 10.4. The number of hydrogen-bond donors (Lipinski definition) is 1. The molecule has 1 aliphatic rings. The molecule has 1 rings (SSSR count). The molecule has 0 aromatic rings. The molecule has 0 unspecified atom stereocenters. The van der Waals surface area contributed by atoms with Crippen molar-refractivity contribution in [2.75, 3.05) is 20.3 Å². The van der Waals surface area contributed by atoms with Crippen LogP contribution in [0.2, 0.25) is 0 Å². The Morgan fingerprint density at radius 3 is 2.82 bits per heavy atom. The van der Waals surface area contributed by atoms with E-state index in [1.165, 1.54) is 7.11 Å². The van der Waals surface area contributed by atoms with Crippen molar-refractivity contribution in [2.24, 2.45) is 0 Å². The van der Waals surface area contributed by atoms with Gasteiger partial charge in [-0.25, -0.2) is 5.48 Å². The summed E-state index contributed by atoms with van der Waals surface area (Å²) in [4.78, 5) is 15.2. The predicted molar refractivity (Wildman–Crippen MR) is 35.5 cm³/mol. The van der Waals surface area contributed by atoms with Gasteiger partial charge in [0.2, 0.25) is 5.91 Å². The normalized spacial score (nSPS) is 18.6. The largest absolute Gasteiger partial charge is 0.350 e. The van der Waals surface area contributed by atoms with Crippen LogP contribution in [0.5, 0.6) is 0 Å². The average Bonchev–Trinajstić information content (AvgIpc) is 2.40. The molecule has 0 bridgehead atoms. The molecular weight excluding hydrogens is 150 g/mol. The number of ether oxygens (including phenoxy) is 2. The van der Waals surface area contributed by atoms with Gasteiger partial charge in [-0.05, 0) is 0 Å². The van der Waals surface area contributed by atoms with Crippen LogP contribution < -0.4 is 5.48 Å². The number of rotatable bonds is 3. The molecule has 64 valence electrons. The van der Waals surface area contributed by atoms with Crippen LogP contribution in [0.15, 0.2) is 0 Å². The summed E-state index contributed by atoms with van der Waals surface area (Å²) in [7, 11) is 1.38. The zero-order chi connectivity index (χ0) is 8.10. The predicted octanol–water partition coefficient (Wildman–Crippen LogP) is -0.573. The molecule has 5 nitrogen and oxygen atoms in total. The van der Waals surface area contributed by atoms with Crippen molar-refractivity contribution in [3.05, 3.63) is 0 Å². The minimum absolute atomic E-state index is 0.188. The van der Waals surface area contributed by atoms with Crippen LogP contribution in [-0.4, -0.2) is 32.5 Å². The van der Waals surface area contributed by atoms with Gasteiger partial charge in [-0.15, -0.1) is 0 Å². The van der Waals surface area contributed by atoms with E-state index in [1.807, 2.05) is 0 Å². The summed E-state index contributed by atoms with van der Waals surface area (Å²) in [5.74, 6) is -0.237. The van der Waals surface area contributed by atoms with E-state index in [0.29, 0.717) is 13.2 Å². The van der Waals surface area contributed by atoms with Gasteiger partial charge in [0.1, 0.15) is 0 Å². The summed E-state index contributed by atoms with van der Waals surface area (Å²) < 4.78 is 10.1. The monoisotopic (exact) mass is 161 g/mol. The molecule has 0 aliphatic carbocycles. The molecule has 0 spiro atoms. The van der Waals surface area contributed by atoms with Gasteiger partial charge in [-0.2, -0.15) is 0 Å². The lowest BCUT2D eigenvalue weighted by Crippen LogP contribution is -2.26. The van der Waals surface area contributed by atoms with E-state index in [1.54, 1.807) is 0 Å². The standard InChI is InChI=1S/C6H11NO4/c1-9-7-5(8)4-6-10-2-3-11-6/h6H,2-4H2,1H3,(H,7,8). The summed E-state index contributed by atoms with van der Waals surface area (Å²) in [6.07, 6.45) is -0.210. The molecule has 1 aliphatic heterocycles. The maximum absolute atomic E-state index is 10.8. The molecule has 1 heterocycles. The zero-order valence-electron chi connectivity index (χ0n) is 6.33. The topological polar surface area (TPSA) is 56.8 Å². The molecule has 1 N–H and O–H groups in total. The minimum Gasteiger partial charge on any atom is -0.350 e. The highest BCUT2D eigenvalue weighted by atomic mass is 16.7. The molecule has 1 amide bonds. The van der Waals surface area contributed by atoms with Gasteiger partial charge in [0.15, 0.2) is 6.29 Å². The number of nitrogens with one attached hydrogen (secondary N) is 1. The maximum Gasteiger partial charge on any atom is 0.248 e. The first-order chi connectivity index (χ1) is 5.33. The van der Waals surface area contributed by atoms with Crippen LogP contribution >= 0.6 is 0 Å². The second kappa shape index (κ2) is 4.27. The second-order valence-corrected chi connectivity index (χ2v) is 2.10.